The van der Waals surface area contributed by atoms with E-state index in [1.165, 1.54) is 0 Å². The summed E-state index contributed by atoms with van der Waals surface area (Å²) in [5, 5.41) is 3.33. The summed E-state index contributed by atoms with van der Waals surface area (Å²) in [6.45, 7) is 4.96. The number of benzene rings is 1. The molecule has 0 spiro atoms. The normalized spacial score (nSPS) is 12.2. The molecule has 1 atom stereocenters. The molecule has 0 saturated carbocycles. The van der Waals surface area contributed by atoms with Crippen molar-refractivity contribution in [2.45, 2.75) is 26.0 Å². The Bertz CT molecular complexity index is 398. The van der Waals surface area contributed by atoms with Gasteiger partial charge in [0.1, 0.15) is 11.5 Å². The lowest BCUT2D eigenvalue weighted by atomic mass is 10.1. The smallest absolute Gasteiger partial charge is 0.127 e. The lowest BCUT2D eigenvalue weighted by molar-refractivity contribution is 0.134. The Balaban J connectivity index is 2.67. The molecule has 0 aliphatic rings. The van der Waals surface area contributed by atoms with Gasteiger partial charge in [0.25, 0.3) is 0 Å². The molecule has 0 saturated heterocycles. The molecule has 5 nitrogen and oxygen atoms in total. The summed E-state index contributed by atoms with van der Waals surface area (Å²) in [6.07, 6.45) is 0.944. The zero-order chi connectivity index (χ0) is 15.5. The van der Waals surface area contributed by atoms with Gasteiger partial charge in [0.05, 0.1) is 19.8 Å². The number of methoxy groups -OCH3 is 3. The summed E-state index contributed by atoms with van der Waals surface area (Å²) < 4.78 is 21.4. The van der Waals surface area contributed by atoms with Crippen LogP contribution in [-0.4, -0.2) is 47.2 Å². The third-order valence-electron chi connectivity index (χ3n) is 3.13. The molecule has 0 amide bonds. The number of rotatable bonds is 11. The Morgan fingerprint density at radius 1 is 1.10 bits per heavy atom. The molecule has 1 unspecified atom stereocenters. The maximum Gasteiger partial charge on any atom is 0.127 e. The molecule has 0 aromatic heterocycles. The lowest BCUT2D eigenvalue weighted by Crippen LogP contribution is -2.20. The van der Waals surface area contributed by atoms with Crippen LogP contribution < -0.4 is 14.8 Å². The molecule has 0 aliphatic carbocycles. The summed E-state index contributed by atoms with van der Waals surface area (Å²) in [7, 11) is 5.05. The number of ether oxygens (including phenoxy) is 4. The molecular weight excluding hydrogens is 270 g/mol. The van der Waals surface area contributed by atoms with E-state index in [0.717, 1.165) is 36.6 Å². The summed E-state index contributed by atoms with van der Waals surface area (Å²) in [5.41, 5.74) is 1.11. The van der Waals surface area contributed by atoms with E-state index in [2.05, 4.69) is 5.32 Å². The van der Waals surface area contributed by atoms with E-state index in [1.807, 2.05) is 25.1 Å². The quantitative estimate of drug-likeness (QED) is 0.635. The number of hydrogen-bond donors (Lipinski definition) is 1. The van der Waals surface area contributed by atoms with Crippen LogP contribution in [0.4, 0.5) is 0 Å². The minimum Gasteiger partial charge on any atom is -0.497 e. The molecule has 1 rings (SSSR count). The third kappa shape index (κ3) is 6.80. The van der Waals surface area contributed by atoms with E-state index >= 15 is 0 Å². The van der Waals surface area contributed by atoms with Crippen molar-refractivity contribution in [2.75, 3.05) is 41.1 Å². The van der Waals surface area contributed by atoms with Crippen molar-refractivity contribution in [3.63, 3.8) is 0 Å². The van der Waals surface area contributed by atoms with E-state index in [1.54, 1.807) is 21.3 Å². The van der Waals surface area contributed by atoms with Crippen molar-refractivity contribution in [3.05, 3.63) is 23.8 Å². The van der Waals surface area contributed by atoms with Crippen LogP contribution in [0.1, 0.15) is 18.9 Å². The van der Waals surface area contributed by atoms with Crippen LogP contribution >= 0.6 is 0 Å². The van der Waals surface area contributed by atoms with Gasteiger partial charge in [-0.2, -0.15) is 0 Å². The van der Waals surface area contributed by atoms with Gasteiger partial charge in [-0.1, -0.05) is 6.07 Å². The van der Waals surface area contributed by atoms with Crippen molar-refractivity contribution >= 4 is 0 Å². The average Bonchev–Trinajstić information content (AvgIpc) is 2.50. The zero-order valence-corrected chi connectivity index (χ0v) is 13.5. The third-order valence-corrected chi connectivity index (χ3v) is 3.13. The summed E-state index contributed by atoms with van der Waals surface area (Å²) in [5.74, 6) is 1.65. The van der Waals surface area contributed by atoms with Crippen LogP contribution in [0, 0.1) is 0 Å². The molecule has 21 heavy (non-hydrogen) atoms. The van der Waals surface area contributed by atoms with Gasteiger partial charge < -0.3 is 24.3 Å². The summed E-state index contributed by atoms with van der Waals surface area (Å²) in [6, 6.07) is 5.90. The maximum atomic E-state index is 6.02. The minimum atomic E-state index is 0.0924. The van der Waals surface area contributed by atoms with Gasteiger partial charge in [0, 0.05) is 52.0 Å². The molecule has 1 aromatic rings. The Kier molecular flexibility index (Phi) is 8.82. The van der Waals surface area contributed by atoms with E-state index in [4.69, 9.17) is 18.9 Å². The molecule has 5 heteroatoms. The largest absolute Gasteiger partial charge is 0.497 e. The molecule has 1 N–H and O–H groups in total. The highest BCUT2D eigenvalue weighted by Gasteiger charge is 2.10. The predicted molar refractivity (Wildman–Crippen MR) is 83.2 cm³/mol. The Morgan fingerprint density at radius 3 is 2.52 bits per heavy atom. The highest BCUT2D eigenvalue weighted by atomic mass is 16.5. The van der Waals surface area contributed by atoms with E-state index in [0.29, 0.717) is 13.2 Å². The molecule has 0 fully saturated rings. The second-order valence-electron chi connectivity index (χ2n) is 4.85. The first-order valence-corrected chi connectivity index (χ1v) is 7.23. The SMILES string of the molecule is COCCNCc1ccc(OC)cc1OC(C)CCOC. The molecule has 1 aromatic carbocycles. The van der Waals surface area contributed by atoms with Gasteiger partial charge in [-0.05, 0) is 13.0 Å². The first-order chi connectivity index (χ1) is 10.2. The standard InChI is InChI=1S/C16H27NO4/c1-13(7-9-18-2)21-16-11-15(20-4)6-5-14(16)12-17-8-10-19-3/h5-6,11,13,17H,7-10,12H2,1-4H3. The van der Waals surface area contributed by atoms with Crippen molar-refractivity contribution in [2.24, 2.45) is 0 Å². The fourth-order valence-corrected chi connectivity index (χ4v) is 1.87. The fourth-order valence-electron chi connectivity index (χ4n) is 1.87. The average molecular weight is 297 g/mol. The molecule has 120 valence electrons. The van der Waals surface area contributed by atoms with E-state index in [9.17, 15) is 0 Å². The van der Waals surface area contributed by atoms with Gasteiger partial charge in [-0.25, -0.2) is 0 Å². The molecule has 0 heterocycles. The topological polar surface area (TPSA) is 49.0 Å². The summed E-state index contributed by atoms with van der Waals surface area (Å²) >= 11 is 0. The van der Waals surface area contributed by atoms with E-state index < -0.39 is 0 Å². The fraction of sp³-hybridized carbons (Fsp3) is 0.625. The van der Waals surface area contributed by atoms with Crippen molar-refractivity contribution in [3.8, 4) is 11.5 Å². The lowest BCUT2D eigenvalue weighted by Gasteiger charge is -2.18. The Hall–Kier alpha value is -1.30. The molecular formula is C16H27NO4. The monoisotopic (exact) mass is 297 g/mol. The number of hydrogen-bond acceptors (Lipinski definition) is 5. The maximum absolute atomic E-state index is 6.02. The Morgan fingerprint density at radius 2 is 1.86 bits per heavy atom. The van der Waals surface area contributed by atoms with Gasteiger partial charge in [-0.15, -0.1) is 0 Å². The van der Waals surface area contributed by atoms with Crippen LogP contribution in [0.2, 0.25) is 0 Å². The van der Waals surface area contributed by atoms with Crippen molar-refractivity contribution in [1.29, 1.82) is 0 Å². The van der Waals surface area contributed by atoms with Crippen LogP contribution in [0.3, 0.4) is 0 Å². The van der Waals surface area contributed by atoms with Crippen LogP contribution in [-0.2, 0) is 16.0 Å². The number of nitrogens with one attached hydrogen (secondary N) is 1. The molecule has 0 radical (unpaired) electrons. The highest BCUT2D eigenvalue weighted by Crippen LogP contribution is 2.26. The summed E-state index contributed by atoms with van der Waals surface area (Å²) in [4.78, 5) is 0. The molecule has 0 bridgehead atoms. The van der Waals surface area contributed by atoms with Crippen LogP contribution in [0.5, 0.6) is 11.5 Å². The second-order valence-corrected chi connectivity index (χ2v) is 4.85. The van der Waals surface area contributed by atoms with Gasteiger partial charge >= 0.3 is 0 Å². The van der Waals surface area contributed by atoms with Crippen LogP contribution in [0.15, 0.2) is 18.2 Å². The first kappa shape index (κ1) is 17.8. The van der Waals surface area contributed by atoms with Gasteiger partial charge in [0.2, 0.25) is 0 Å². The zero-order valence-electron chi connectivity index (χ0n) is 13.5. The minimum absolute atomic E-state index is 0.0924. The van der Waals surface area contributed by atoms with Gasteiger partial charge in [-0.3, -0.25) is 0 Å². The van der Waals surface area contributed by atoms with Crippen LogP contribution in [0.25, 0.3) is 0 Å². The second kappa shape index (κ2) is 10.4. The highest BCUT2D eigenvalue weighted by molar-refractivity contribution is 5.40. The first-order valence-electron chi connectivity index (χ1n) is 7.23. The van der Waals surface area contributed by atoms with Crippen molar-refractivity contribution < 1.29 is 18.9 Å². The van der Waals surface area contributed by atoms with Gasteiger partial charge in [0.15, 0.2) is 0 Å². The van der Waals surface area contributed by atoms with Crippen molar-refractivity contribution in [1.82, 2.24) is 5.32 Å². The Labute approximate surface area is 127 Å². The van der Waals surface area contributed by atoms with E-state index in [-0.39, 0.29) is 6.10 Å². The molecule has 0 aliphatic heterocycles. The predicted octanol–water partition coefficient (Wildman–Crippen LogP) is 2.23.